The van der Waals surface area contributed by atoms with Crippen LogP contribution < -0.4 is 10.5 Å². The molecule has 0 aliphatic heterocycles. The predicted octanol–water partition coefficient (Wildman–Crippen LogP) is 1.97. The lowest BCUT2D eigenvalue weighted by Gasteiger charge is -2.21. The van der Waals surface area contributed by atoms with E-state index in [0.29, 0.717) is 6.54 Å². The molecule has 0 saturated heterocycles. The van der Waals surface area contributed by atoms with Crippen molar-refractivity contribution in [1.29, 1.82) is 0 Å². The normalized spacial score (nSPS) is 10.1. The maximum absolute atomic E-state index is 13.6. The van der Waals surface area contributed by atoms with Crippen molar-refractivity contribution < 1.29 is 13.9 Å². The molecule has 6 heteroatoms. The van der Waals surface area contributed by atoms with E-state index in [1.165, 1.54) is 24.1 Å². The van der Waals surface area contributed by atoms with Gasteiger partial charge in [-0.2, -0.15) is 0 Å². The minimum absolute atomic E-state index is 0.105. The number of nitrogens with two attached hydrogens (primary N) is 1. The second-order valence-corrected chi connectivity index (χ2v) is 4.57. The van der Waals surface area contributed by atoms with E-state index in [1.807, 2.05) is 6.92 Å². The highest BCUT2D eigenvalue weighted by Crippen LogP contribution is 2.18. The Morgan fingerprint density at radius 3 is 2.68 bits per heavy atom. The fourth-order valence-corrected chi connectivity index (χ4v) is 1.85. The van der Waals surface area contributed by atoms with Gasteiger partial charge in [0.15, 0.2) is 11.6 Å². The van der Waals surface area contributed by atoms with Crippen molar-refractivity contribution >= 4 is 23.1 Å². The topological polar surface area (TPSA) is 55.6 Å². The fourth-order valence-electron chi connectivity index (χ4n) is 1.69. The van der Waals surface area contributed by atoms with E-state index in [4.69, 9.17) is 22.7 Å². The van der Waals surface area contributed by atoms with Gasteiger partial charge >= 0.3 is 0 Å². The summed E-state index contributed by atoms with van der Waals surface area (Å²) in [5.74, 6) is -0.760. The van der Waals surface area contributed by atoms with E-state index in [1.54, 1.807) is 0 Å². The molecule has 2 N–H and O–H groups in total. The number of thiocarbonyl (C=S) groups is 1. The molecular formula is C13H17FN2O2S. The fraction of sp³-hybridized carbons (Fsp3) is 0.385. The number of ether oxygens (including phenoxy) is 1. The van der Waals surface area contributed by atoms with Gasteiger partial charge in [0.05, 0.1) is 18.6 Å². The number of amides is 1. The summed E-state index contributed by atoms with van der Waals surface area (Å²) < 4.78 is 18.4. The van der Waals surface area contributed by atoms with Crippen LogP contribution in [0.25, 0.3) is 0 Å². The lowest BCUT2D eigenvalue weighted by molar-refractivity contribution is 0.0779. The number of benzene rings is 1. The monoisotopic (exact) mass is 284 g/mol. The molecule has 104 valence electrons. The van der Waals surface area contributed by atoms with Gasteiger partial charge in [-0.15, -0.1) is 0 Å². The van der Waals surface area contributed by atoms with E-state index < -0.39 is 5.82 Å². The summed E-state index contributed by atoms with van der Waals surface area (Å²) in [4.78, 5) is 14.0. The maximum Gasteiger partial charge on any atom is 0.254 e. The second-order valence-electron chi connectivity index (χ2n) is 4.04. The van der Waals surface area contributed by atoms with Crippen molar-refractivity contribution in [3.63, 3.8) is 0 Å². The van der Waals surface area contributed by atoms with E-state index >= 15 is 0 Å². The first kappa shape index (κ1) is 15.4. The SMILES string of the molecule is CCCN(CC(N)=S)C(=O)c1ccc(OC)c(F)c1. The summed E-state index contributed by atoms with van der Waals surface area (Å²) in [5, 5.41) is 0. The smallest absolute Gasteiger partial charge is 0.254 e. The quantitative estimate of drug-likeness (QED) is 0.812. The first-order chi connectivity index (χ1) is 8.99. The molecule has 4 nitrogen and oxygen atoms in total. The lowest BCUT2D eigenvalue weighted by Crippen LogP contribution is -2.38. The van der Waals surface area contributed by atoms with Crippen LogP contribution >= 0.6 is 12.2 Å². The summed E-state index contributed by atoms with van der Waals surface area (Å²) >= 11 is 4.81. The summed E-state index contributed by atoms with van der Waals surface area (Å²) in [5.41, 5.74) is 5.71. The minimum atomic E-state index is -0.569. The summed E-state index contributed by atoms with van der Waals surface area (Å²) in [7, 11) is 1.37. The van der Waals surface area contributed by atoms with Crippen molar-refractivity contribution in [3.05, 3.63) is 29.6 Å². The van der Waals surface area contributed by atoms with Crippen molar-refractivity contribution in [2.45, 2.75) is 13.3 Å². The molecule has 0 spiro atoms. The zero-order valence-corrected chi connectivity index (χ0v) is 11.8. The molecule has 0 aliphatic carbocycles. The van der Waals surface area contributed by atoms with Crippen LogP contribution in [0.4, 0.5) is 4.39 Å². The Morgan fingerprint density at radius 2 is 2.21 bits per heavy atom. The Bertz CT molecular complexity index is 480. The molecule has 1 aromatic carbocycles. The van der Waals surface area contributed by atoms with Crippen molar-refractivity contribution in [2.75, 3.05) is 20.2 Å². The van der Waals surface area contributed by atoms with E-state index in [2.05, 4.69) is 0 Å². The number of carbonyl (C=O) groups excluding carboxylic acids is 1. The number of hydrogen-bond donors (Lipinski definition) is 1. The van der Waals surface area contributed by atoms with Crippen LogP contribution in [0.3, 0.4) is 0 Å². The molecule has 19 heavy (non-hydrogen) atoms. The average Bonchev–Trinajstić information content (AvgIpc) is 2.36. The Hall–Kier alpha value is -1.69. The number of halogens is 1. The van der Waals surface area contributed by atoms with Crippen molar-refractivity contribution in [1.82, 2.24) is 4.90 Å². The molecule has 0 fully saturated rings. The van der Waals surface area contributed by atoms with Crippen LogP contribution in [0.2, 0.25) is 0 Å². The van der Waals surface area contributed by atoms with Gasteiger partial charge in [-0.1, -0.05) is 19.1 Å². The molecule has 0 aliphatic rings. The molecule has 0 heterocycles. The maximum atomic E-state index is 13.6. The van der Waals surface area contributed by atoms with Gasteiger partial charge < -0.3 is 15.4 Å². The molecule has 0 bridgehead atoms. The van der Waals surface area contributed by atoms with E-state index in [0.717, 1.165) is 12.5 Å². The van der Waals surface area contributed by atoms with E-state index in [-0.39, 0.29) is 28.8 Å². The van der Waals surface area contributed by atoms with Crippen LogP contribution in [-0.4, -0.2) is 36.0 Å². The molecular weight excluding hydrogens is 267 g/mol. The summed E-state index contributed by atoms with van der Waals surface area (Å²) in [6.07, 6.45) is 0.771. The third kappa shape index (κ3) is 4.17. The highest BCUT2D eigenvalue weighted by atomic mass is 32.1. The van der Waals surface area contributed by atoms with Crippen LogP contribution in [0.15, 0.2) is 18.2 Å². The zero-order chi connectivity index (χ0) is 14.4. The van der Waals surface area contributed by atoms with Crippen molar-refractivity contribution in [3.8, 4) is 5.75 Å². The zero-order valence-electron chi connectivity index (χ0n) is 11.0. The number of carbonyl (C=O) groups is 1. The lowest BCUT2D eigenvalue weighted by atomic mass is 10.1. The summed E-state index contributed by atoms with van der Waals surface area (Å²) in [6.45, 7) is 2.65. The number of hydrogen-bond acceptors (Lipinski definition) is 3. The highest BCUT2D eigenvalue weighted by molar-refractivity contribution is 7.80. The molecule has 0 saturated carbocycles. The molecule has 0 aromatic heterocycles. The predicted molar refractivity (Wildman–Crippen MR) is 75.9 cm³/mol. The Balaban J connectivity index is 2.95. The molecule has 0 radical (unpaired) electrons. The largest absolute Gasteiger partial charge is 0.494 e. The Morgan fingerprint density at radius 1 is 1.53 bits per heavy atom. The standard InChI is InChI=1S/C13H17FN2O2S/c1-3-6-16(8-12(15)19)13(17)9-4-5-11(18-2)10(14)7-9/h4-5,7H,3,6,8H2,1-2H3,(H2,15,19). The van der Waals surface area contributed by atoms with Gasteiger partial charge in [0.25, 0.3) is 5.91 Å². The number of rotatable bonds is 6. The van der Waals surface area contributed by atoms with Crippen molar-refractivity contribution in [2.24, 2.45) is 5.73 Å². The Kier molecular flexibility index (Phi) is 5.69. The van der Waals surface area contributed by atoms with Gasteiger partial charge in [0.1, 0.15) is 0 Å². The molecule has 0 unspecified atom stereocenters. The molecule has 1 rings (SSSR count). The summed E-state index contributed by atoms with van der Waals surface area (Å²) in [6, 6.07) is 4.10. The highest BCUT2D eigenvalue weighted by Gasteiger charge is 2.17. The second kappa shape index (κ2) is 7.04. The van der Waals surface area contributed by atoms with Gasteiger partial charge in [0, 0.05) is 12.1 Å². The first-order valence-electron chi connectivity index (χ1n) is 5.90. The molecule has 1 amide bonds. The van der Waals surface area contributed by atoms with Gasteiger partial charge in [-0.3, -0.25) is 4.79 Å². The first-order valence-corrected chi connectivity index (χ1v) is 6.31. The third-order valence-electron chi connectivity index (χ3n) is 2.53. The third-order valence-corrected chi connectivity index (χ3v) is 2.66. The van der Waals surface area contributed by atoms with Gasteiger partial charge in [-0.25, -0.2) is 4.39 Å². The number of methoxy groups -OCH3 is 1. The van der Waals surface area contributed by atoms with Crippen LogP contribution in [0.1, 0.15) is 23.7 Å². The molecule has 1 aromatic rings. The minimum Gasteiger partial charge on any atom is -0.494 e. The Labute approximate surface area is 117 Å². The van der Waals surface area contributed by atoms with Crippen LogP contribution in [0.5, 0.6) is 5.75 Å². The number of nitrogens with zero attached hydrogens (tertiary/aromatic N) is 1. The van der Waals surface area contributed by atoms with E-state index in [9.17, 15) is 9.18 Å². The van der Waals surface area contributed by atoms with Crippen LogP contribution in [-0.2, 0) is 0 Å². The average molecular weight is 284 g/mol. The van der Waals surface area contributed by atoms with Crippen LogP contribution in [0, 0.1) is 5.82 Å². The van der Waals surface area contributed by atoms with Gasteiger partial charge in [0.2, 0.25) is 0 Å². The van der Waals surface area contributed by atoms with Gasteiger partial charge in [-0.05, 0) is 24.6 Å². The molecule has 0 atom stereocenters.